The minimum atomic E-state index is -4.46. The molecule has 0 amide bonds. The van der Waals surface area contributed by atoms with Crippen LogP contribution < -0.4 is 4.90 Å². The number of anilines is 1. The maximum atomic E-state index is 12.5. The highest BCUT2D eigenvalue weighted by Gasteiger charge is 2.33. The number of carboxylic acid groups (broad SMARTS) is 1. The third-order valence-electron chi connectivity index (χ3n) is 3.10. The van der Waals surface area contributed by atoms with Gasteiger partial charge in [0.25, 0.3) is 0 Å². The second kappa shape index (κ2) is 5.07. The SMILES string of the molecule is O=C(O)CC1CCN(c2cccc(C(F)(F)F)n2)C1. The molecule has 1 aliphatic rings. The highest BCUT2D eigenvalue weighted by molar-refractivity contribution is 5.67. The smallest absolute Gasteiger partial charge is 0.433 e. The van der Waals surface area contributed by atoms with Crippen molar-refractivity contribution in [3.8, 4) is 0 Å². The third kappa shape index (κ3) is 3.36. The van der Waals surface area contributed by atoms with E-state index in [0.717, 1.165) is 6.07 Å². The lowest BCUT2D eigenvalue weighted by molar-refractivity contribution is -0.141. The molecule has 2 heterocycles. The van der Waals surface area contributed by atoms with E-state index < -0.39 is 17.8 Å². The molecule has 7 heteroatoms. The minimum absolute atomic E-state index is 0.0335. The number of hydrogen-bond donors (Lipinski definition) is 1. The first-order valence-electron chi connectivity index (χ1n) is 5.87. The number of nitrogens with zero attached hydrogens (tertiary/aromatic N) is 2. The van der Waals surface area contributed by atoms with Crippen molar-refractivity contribution in [2.75, 3.05) is 18.0 Å². The number of aliphatic carboxylic acids is 1. The third-order valence-corrected chi connectivity index (χ3v) is 3.10. The van der Waals surface area contributed by atoms with Crippen molar-refractivity contribution in [2.45, 2.75) is 19.0 Å². The summed E-state index contributed by atoms with van der Waals surface area (Å²) in [5.41, 5.74) is -0.924. The van der Waals surface area contributed by atoms with Gasteiger partial charge in [0.15, 0.2) is 0 Å². The predicted molar refractivity (Wildman–Crippen MR) is 61.8 cm³/mol. The molecule has 19 heavy (non-hydrogen) atoms. The van der Waals surface area contributed by atoms with Gasteiger partial charge in [-0.2, -0.15) is 13.2 Å². The maximum Gasteiger partial charge on any atom is 0.433 e. The van der Waals surface area contributed by atoms with Crippen LogP contribution in [-0.2, 0) is 11.0 Å². The zero-order valence-electron chi connectivity index (χ0n) is 10.0. The normalized spacial score (nSPS) is 19.7. The van der Waals surface area contributed by atoms with Gasteiger partial charge < -0.3 is 10.0 Å². The van der Waals surface area contributed by atoms with Crippen LogP contribution in [-0.4, -0.2) is 29.1 Å². The highest BCUT2D eigenvalue weighted by atomic mass is 19.4. The van der Waals surface area contributed by atoms with Crippen molar-refractivity contribution in [3.63, 3.8) is 0 Å². The fraction of sp³-hybridized carbons (Fsp3) is 0.500. The molecule has 0 aliphatic carbocycles. The van der Waals surface area contributed by atoms with Crippen molar-refractivity contribution < 1.29 is 23.1 Å². The first-order valence-corrected chi connectivity index (χ1v) is 5.87. The Balaban J connectivity index is 2.09. The summed E-state index contributed by atoms with van der Waals surface area (Å²) in [6, 6.07) is 3.75. The highest BCUT2D eigenvalue weighted by Crippen LogP contribution is 2.30. The van der Waals surface area contributed by atoms with Crippen molar-refractivity contribution in [1.29, 1.82) is 0 Å². The molecule has 1 saturated heterocycles. The summed E-state index contributed by atoms with van der Waals surface area (Å²) in [5.74, 6) is -0.666. The lowest BCUT2D eigenvalue weighted by Gasteiger charge is -2.18. The lowest BCUT2D eigenvalue weighted by atomic mass is 10.1. The zero-order chi connectivity index (χ0) is 14.0. The Morgan fingerprint density at radius 3 is 2.84 bits per heavy atom. The molecule has 1 aromatic heterocycles. The first kappa shape index (κ1) is 13.6. The van der Waals surface area contributed by atoms with Gasteiger partial charge in [-0.3, -0.25) is 4.79 Å². The molecule has 0 aromatic carbocycles. The number of alkyl halides is 3. The minimum Gasteiger partial charge on any atom is -0.481 e. The molecule has 1 atom stereocenters. The van der Waals surface area contributed by atoms with Crippen molar-refractivity contribution >= 4 is 11.8 Å². The number of pyridine rings is 1. The molecule has 1 N–H and O–H groups in total. The summed E-state index contributed by atoms with van der Waals surface area (Å²) < 4.78 is 37.6. The standard InChI is InChI=1S/C12H13F3N2O2/c13-12(14,15)9-2-1-3-10(16-9)17-5-4-8(7-17)6-11(18)19/h1-3,8H,4-7H2,(H,18,19). The van der Waals surface area contributed by atoms with Crippen LogP contribution in [0, 0.1) is 5.92 Å². The molecular formula is C12H13F3N2O2. The van der Waals surface area contributed by atoms with Crippen molar-refractivity contribution in [3.05, 3.63) is 23.9 Å². The summed E-state index contributed by atoms with van der Waals surface area (Å²) in [7, 11) is 0. The number of carbonyl (C=O) groups is 1. The second-order valence-corrected chi connectivity index (χ2v) is 4.58. The molecule has 1 aromatic rings. The van der Waals surface area contributed by atoms with Gasteiger partial charge in [-0.15, -0.1) is 0 Å². The molecule has 0 saturated carbocycles. The molecule has 0 bridgehead atoms. The largest absolute Gasteiger partial charge is 0.481 e. The van der Waals surface area contributed by atoms with Crippen LogP contribution in [0.25, 0.3) is 0 Å². The molecular weight excluding hydrogens is 261 g/mol. The van der Waals surface area contributed by atoms with Crippen LogP contribution in [0.5, 0.6) is 0 Å². The Morgan fingerprint density at radius 2 is 2.21 bits per heavy atom. The summed E-state index contributed by atoms with van der Waals surface area (Å²) in [4.78, 5) is 15.9. The molecule has 1 unspecified atom stereocenters. The van der Waals surface area contributed by atoms with Crippen LogP contribution in [0.1, 0.15) is 18.5 Å². The fourth-order valence-electron chi connectivity index (χ4n) is 2.21. The number of rotatable bonds is 3. The molecule has 2 rings (SSSR count). The van der Waals surface area contributed by atoms with E-state index in [1.807, 2.05) is 0 Å². The predicted octanol–water partition coefficient (Wildman–Crippen LogP) is 2.40. The molecule has 1 aliphatic heterocycles. The summed E-state index contributed by atoms with van der Waals surface area (Å²) in [6.45, 7) is 0.965. The Bertz CT molecular complexity index is 476. The average molecular weight is 274 g/mol. The van der Waals surface area contributed by atoms with E-state index in [9.17, 15) is 18.0 Å². The Morgan fingerprint density at radius 1 is 1.47 bits per heavy atom. The molecule has 104 valence electrons. The topological polar surface area (TPSA) is 53.4 Å². The number of halogens is 3. The number of carboxylic acids is 1. The van der Waals surface area contributed by atoms with E-state index in [1.54, 1.807) is 4.90 Å². The molecule has 0 radical (unpaired) electrons. The quantitative estimate of drug-likeness (QED) is 0.919. The van der Waals surface area contributed by atoms with Gasteiger partial charge in [-0.05, 0) is 24.5 Å². The Labute approximate surface area is 107 Å². The fourth-order valence-corrected chi connectivity index (χ4v) is 2.21. The van der Waals surface area contributed by atoms with E-state index in [-0.39, 0.29) is 18.2 Å². The van der Waals surface area contributed by atoms with E-state index in [2.05, 4.69) is 4.98 Å². The van der Waals surface area contributed by atoms with E-state index in [4.69, 9.17) is 5.11 Å². The summed E-state index contributed by atoms with van der Waals surface area (Å²) in [6.07, 6.45) is -3.77. The lowest BCUT2D eigenvalue weighted by Crippen LogP contribution is -2.22. The number of aromatic nitrogens is 1. The van der Waals surface area contributed by atoms with Gasteiger partial charge in [-0.1, -0.05) is 6.07 Å². The van der Waals surface area contributed by atoms with E-state index in [0.29, 0.717) is 19.5 Å². The average Bonchev–Trinajstić information content (AvgIpc) is 2.76. The van der Waals surface area contributed by atoms with Crippen LogP contribution >= 0.6 is 0 Å². The molecule has 0 spiro atoms. The summed E-state index contributed by atoms with van der Waals surface area (Å²) >= 11 is 0. The Hall–Kier alpha value is -1.79. The number of hydrogen-bond acceptors (Lipinski definition) is 3. The van der Waals surface area contributed by atoms with Gasteiger partial charge in [0.1, 0.15) is 11.5 Å². The Kier molecular flexibility index (Phi) is 3.64. The van der Waals surface area contributed by atoms with Crippen LogP contribution in [0.2, 0.25) is 0 Å². The van der Waals surface area contributed by atoms with Crippen molar-refractivity contribution in [1.82, 2.24) is 4.98 Å². The first-order chi connectivity index (χ1) is 8.86. The van der Waals surface area contributed by atoms with Crippen LogP contribution in [0.4, 0.5) is 19.0 Å². The summed E-state index contributed by atoms with van der Waals surface area (Å²) in [5, 5.41) is 8.70. The zero-order valence-corrected chi connectivity index (χ0v) is 10.0. The van der Waals surface area contributed by atoms with Gasteiger partial charge in [0.05, 0.1) is 0 Å². The monoisotopic (exact) mass is 274 g/mol. The van der Waals surface area contributed by atoms with Crippen LogP contribution in [0.3, 0.4) is 0 Å². The van der Waals surface area contributed by atoms with Gasteiger partial charge in [0, 0.05) is 19.5 Å². The van der Waals surface area contributed by atoms with Gasteiger partial charge in [0.2, 0.25) is 0 Å². The molecule has 1 fully saturated rings. The second-order valence-electron chi connectivity index (χ2n) is 4.58. The van der Waals surface area contributed by atoms with Crippen LogP contribution in [0.15, 0.2) is 18.2 Å². The maximum absolute atomic E-state index is 12.5. The van der Waals surface area contributed by atoms with E-state index >= 15 is 0 Å². The van der Waals surface area contributed by atoms with E-state index in [1.165, 1.54) is 12.1 Å². The molecule has 4 nitrogen and oxygen atoms in total. The van der Waals surface area contributed by atoms with Gasteiger partial charge in [-0.25, -0.2) is 4.98 Å². The van der Waals surface area contributed by atoms with Crippen molar-refractivity contribution in [2.24, 2.45) is 5.92 Å². The van der Waals surface area contributed by atoms with Gasteiger partial charge >= 0.3 is 12.1 Å².